The molecule has 0 saturated carbocycles. The molecule has 0 aliphatic carbocycles. The van der Waals surface area contributed by atoms with Gasteiger partial charge in [-0.15, -0.1) is 10.2 Å². The highest BCUT2D eigenvalue weighted by Gasteiger charge is 2.17. The van der Waals surface area contributed by atoms with Gasteiger partial charge >= 0.3 is 0 Å². The number of morpholine rings is 1. The van der Waals surface area contributed by atoms with Crippen molar-refractivity contribution in [2.45, 2.75) is 24.4 Å². The minimum atomic E-state index is 0.238. The summed E-state index contributed by atoms with van der Waals surface area (Å²) >= 11 is 1.69. The summed E-state index contributed by atoms with van der Waals surface area (Å²) in [4.78, 5) is 14.2. The van der Waals surface area contributed by atoms with E-state index in [9.17, 15) is 4.79 Å². The van der Waals surface area contributed by atoms with E-state index in [1.807, 2.05) is 41.3 Å². The maximum atomic E-state index is 12.3. The fraction of sp³-hybridized carbons (Fsp3) is 0.348. The lowest BCUT2D eigenvalue weighted by molar-refractivity contribution is -0.135. The smallest absolute Gasteiger partial charge is 0.222 e. The van der Waals surface area contributed by atoms with Gasteiger partial charge in [0.1, 0.15) is 0 Å². The van der Waals surface area contributed by atoms with Crippen LogP contribution in [0.25, 0.3) is 17.1 Å². The largest absolute Gasteiger partial charge is 0.378 e. The minimum absolute atomic E-state index is 0.238. The zero-order chi connectivity index (χ0) is 20.6. The lowest BCUT2D eigenvalue weighted by Gasteiger charge is -2.26. The van der Waals surface area contributed by atoms with Crippen LogP contribution in [0.3, 0.4) is 0 Å². The van der Waals surface area contributed by atoms with Crippen LogP contribution in [0.15, 0.2) is 65.8 Å². The molecule has 156 valence electrons. The molecule has 0 spiro atoms. The van der Waals surface area contributed by atoms with Crippen LogP contribution < -0.4 is 0 Å². The SMILES string of the molecule is O=C(CCCCSc1nnc(-c2ccccc2)n1-c1ccccc1)N1CCOCC1. The van der Waals surface area contributed by atoms with Gasteiger partial charge in [0.2, 0.25) is 5.91 Å². The Morgan fingerprint density at radius 1 is 0.933 bits per heavy atom. The van der Waals surface area contributed by atoms with E-state index in [4.69, 9.17) is 4.74 Å². The summed E-state index contributed by atoms with van der Waals surface area (Å²) in [5, 5.41) is 9.81. The molecule has 0 N–H and O–H groups in total. The van der Waals surface area contributed by atoms with Crippen molar-refractivity contribution < 1.29 is 9.53 Å². The average molecular weight is 423 g/mol. The van der Waals surface area contributed by atoms with Crippen molar-refractivity contribution >= 4 is 17.7 Å². The van der Waals surface area contributed by atoms with Crippen molar-refractivity contribution in [3.8, 4) is 17.1 Å². The molecule has 2 heterocycles. The highest BCUT2D eigenvalue weighted by Crippen LogP contribution is 2.28. The molecule has 0 atom stereocenters. The zero-order valence-corrected chi connectivity index (χ0v) is 17.8. The van der Waals surface area contributed by atoms with Crippen molar-refractivity contribution in [3.05, 3.63) is 60.7 Å². The third-order valence-electron chi connectivity index (χ3n) is 5.06. The fourth-order valence-electron chi connectivity index (χ4n) is 3.46. The van der Waals surface area contributed by atoms with Gasteiger partial charge in [-0.25, -0.2) is 0 Å². The number of para-hydroxylation sites is 1. The summed E-state index contributed by atoms with van der Waals surface area (Å²) in [7, 11) is 0. The Hall–Kier alpha value is -2.64. The van der Waals surface area contributed by atoms with Crippen LogP contribution in [0.5, 0.6) is 0 Å². The molecule has 0 bridgehead atoms. The number of amides is 1. The maximum absolute atomic E-state index is 12.3. The fourth-order valence-corrected chi connectivity index (χ4v) is 4.41. The first-order chi connectivity index (χ1) is 14.8. The molecule has 1 aliphatic rings. The van der Waals surface area contributed by atoms with Crippen molar-refractivity contribution in [3.63, 3.8) is 0 Å². The molecule has 0 radical (unpaired) electrons. The molecule has 1 saturated heterocycles. The van der Waals surface area contributed by atoms with E-state index < -0.39 is 0 Å². The predicted octanol–water partition coefficient (Wildman–Crippen LogP) is 4.06. The van der Waals surface area contributed by atoms with Crippen LogP contribution in [-0.4, -0.2) is 57.6 Å². The molecule has 3 aromatic rings. The van der Waals surface area contributed by atoms with E-state index >= 15 is 0 Å². The monoisotopic (exact) mass is 422 g/mol. The van der Waals surface area contributed by atoms with Crippen LogP contribution in [0.1, 0.15) is 19.3 Å². The first-order valence-corrected chi connectivity index (χ1v) is 11.4. The lowest BCUT2D eigenvalue weighted by Crippen LogP contribution is -2.40. The average Bonchev–Trinajstić information content (AvgIpc) is 3.24. The summed E-state index contributed by atoms with van der Waals surface area (Å²) in [5.41, 5.74) is 2.09. The molecule has 0 unspecified atom stereocenters. The number of nitrogens with zero attached hydrogens (tertiary/aromatic N) is 4. The Labute approximate surface area is 181 Å². The topological polar surface area (TPSA) is 60.2 Å². The lowest BCUT2D eigenvalue weighted by atomic mass is 10.2. The standard InChI is InChI=1S/C23H26N4O2S/c28-21(26-14-16-29-17-15-26)13-7-8-18-30-23-25-24-22(19-9-3-1-4-10-19)27(23)20-11-5-2-6-12-20/h1-6,9-12H,7-8,13-18H2. The minimum Gasteiger partial charge on any atom is -0.378 e. The van der Waals surface area contributed by atoms with E-state index in [0.29, 0.717) is 19.6 Å². The summed E-state index contributed by atoms with van der Waals surface area (Å²) in [6.07, 6.45) is 2.44. The number of hydrogen-bond acceptors (Lipinski definition) is 5. The van der Waals surface area contributed by atoms with Gasteiger partial charge < -0.3 is 9.64 Å². The molecule has 1 amide bonds. The van der Waals surface area contributed by atoms with Gasteiger partial charge in [0.25, 0.3) is 0 Å². The summed E-state index contributed by atoms with van der Waals surface area (Å²) in [6.45, 7) is 2.74. The van der Waals surface area contributed by atoms with E-state index in [-0.39, 0.29) is 5.91 Å². The van der Waals surface area contributed by atoms with E-state index in [1.54, 1.807) is 11.8 Å². The number of rotatable bonds is 8. The van der Waals surface area contributed by atoms with Crippen LogP contribution in [0.4, 0.5) is 0 Å². The normalized spacial score (nSPS) is 14.1. The highest BCUT2D eigenvalue weighted by molar-refractivity contribution is 7.99. The van der Waals surface area contributed by atoms with Crippen molar-refractivity contribution in [1.82, 2.24) is 19.7 Å². The van der Waals surface area contributed by atoms with Gasteiger partial charge in [-0.05, 0) is 25.0 Å². The Balaban J connectivity index is 1.38. The Bertz CT molecular complexity index is 940. The highest BCUT2D eigenvalue weighted by atomic mass is 32.2. The molecule has 7 heteroatoms. The van der Waals surface area contributed by atoms with Crippen LogP contribution >= 0.6 is 11.8 Å². The molecule has 30 heavy (non-hydrogen) atoms. The summed E-state index contributed by atoms with van der Waals surface area (Å²) < 4.78 is 7.42. The maximum Gasteiger partial charge on any atom is 0.222 e. The van der Waals surface area contributed by atoms with Crippen molar-refractivity contribution in [1.29, 1.82) is 0 Å². The molecule has 2 aromatic carbocycles. The number of ether oxygens (including phenoxy) is 1. The molecule has 6 nitrogen and oxygen atoms in total. The van der Waals surface area contributed by atoms with Gasteiger partial charge in [-0.2, -0.15) is 0 Å². The van der Waals surface area contributed by atoms with Crippen LogP contribution in [0, 0.1) is 0 Å². The number of benzene rings is 2. The quantitative estimate of drug-likeness (QED) is 0.405. The molecule has 4 rings (SSSR count). The molecular weight excluding hydrogens is 396 g/mol. The van der Waals surface area contributed by atoms with Gasteiger partial charge in [0.15, 0.2) is 11.0 Å². The van der Waals surface area contributed by atoms with Crippen LogP contribution in [-0.2, 0) is 9.53 Å². The Morgan fingerprint density at radius 2 is 1.63 bits per heavy atom. The molecule has 1 aliphatic heterocycles. The van der Waals surface area contributed by atoms with Gasteiger partial charge in [0.05, 0.1) is 13.2 Å². The Morgan fingerprint density at radius 3 is 2.37 bits per heavy atom. The van der Waals surface area contributed by atoms with Gasteiger partial charge in [-0.1, -0.05) is 60.3 Å². The Kier molecular flexibility index (Phi) is 7.16. The van der Waals surface area contributed by atoms with Crippen LogP contribution in [0.2, 0.25) is 0 Å². The van der Waals surface area contributed by atoms with E-state index in [0.717, 1.165) is 53.9 Å². The molecular formula is C23H26N4O2S. The number of carbonyl (C=O) groups excluding carboxylic acids is 1. The number of carbonyl (C=O) groups is 1. The third-order valence-corrected chi connectivity index (χ3v) is 6.07. The second kappa shape index (κ2) is 10.4. The van der Waals surface area contributed by atoms with Gasteiger partial charge in [0, 0.05) is 36.5 Å². The predicted molar refractivity (Wildman–Crippen MR) is 119 cm³/mol. The first kappa shape index (κ1) is 20.6. The van der Waals surface area contributed by atoms with E-state index in [2.05, 4.69) is 39.0 Å². The zero-order valence-electron chi connectivity index (χ0n) is 16.9. The molecule has 1 aromatic heterocycles. The number of thioether (sulfide) groups is 1. The number of unbranched alkanes of at least 4 members (excludes halogenated alkanes) is 1. The van der Waals surface area contributed by atoms with E-state index in [1.165, 1.54) is 0 Å². The second-order valence-corrected chi connectivity index (χ2v) is 8.20. The molecule has 1 fully saturated rings. The third kappa shape index (κ3) is 5.09. The second-order valence-electron chi connectivity index (χ2n) is 7.14. The first-order valence-electron chi connectivity index (χ1n) is 10.4. The summed E-state index contributed by atoms with van der Waals surface area (Å²) in [6, 6.07) is 20.3. The summed E-state index contributed by atoms with van der Waals surface area (Å²) in [5.74, 6) is 1.98. The number of aromatic nitrogens is 3. The number of hydrogen-bond donors (Lipinski definition) is 0. The van der Waals surface area contributed by atoms with Crippen molar-refractivity contribution in [2.24, 2.45) is 0 Å². The van der Waals surface area contributed by atoms with Crippen molar-refractivity contribution in [2.75, 3.05) is 32.1 Å². The van der Waals surface area contributed by atoms with Gasteiger partial charge in [-0.3, -0.25) is 9.36 Å².